The molecule has 7 heteroatoms. The van der Waals surface area contributed by atoms with E-state index in [2.05, 4.69) is 5.10 Å². The van der Waals surface area contributed by atoms with Crippen molar-refractivity contribution in [3.8, 4) is 0 Å². The zero-order valence-corrected chi connectivity index (χ0v) is 13.3. The van der Waals surface area contributed by atoms with Crippen molar-refractivity contribution in [3.63, 3.8) is 0 Å². The Labute approximate surface area is 137 Å². The van der Waals surface area contributed by atoms with Gasteiger partial charge in [0, 0.05) is 11.7 Å². The van der Waals surface area contributed by atoms with Crippen molar-refractivity contribution in [2.75, 3.05) is 4.90 Å². The lowest BCUT2D eigenvalue weighted by atomic mass is 10.1. The first-order valence-corrected chi connectivity index (χ1v) is 7.55. The van der Waals surface area contributed by atoms with Gasteiger partial charge in [-0.25, -0.2) is 4.68 Å². The van der Waals surface area contributed by atoms with Crippen LogP contribution in [-0.4, -0.2) is 21.7 Å². The van der Waals surface area contributed by atoms with Gasteiger partial charge in [-0.05, 0) is 25.0 Å². The Morgan fingerprint density at radius 3 is 2.86 bits per heavy atom. The van der Waals surface area contributed by atoms with Gasteiger partial charge in [-0.3, -0.25) is 9.59 Å². The number of hydrogen-bond donors (Lipinski definition) is 0. The predicted octanol–water partition coefficient (Wildman–Crippen LogP) is 2.53. The van der Waals surface area contributed by atoms with E-state index < -0.39 is 5.56 Å². The number of amides is 1. The summed E-state index contributed by atoms with van der Waals surface area (Å²) in [4.78, 5) is 26.3. The molecule has 0 bridgehead atoms. The highest BCUT2D eigenvalue weighted by molar-refractivity contribution is 6.41. The number of hydrogen-bond acceptors (Lipinski definition) is 3. The van der Waals surface area contributed by atoms with E-state index in [0.29, 0.717) is 0 Å². The number of nitrogens with zero attached hydrogens (tertiary/aromatic N) is 3. The van der Waals surface area contributed by atoms with E-state index in [9.17, 15) is 9.59 Å². The van der Waals surface area contributed by atoms with Gasteiger partial charge >= 0.3 is 0 Å². The van der Waals surface area contributed by atoms with Gasteiger partial charge in [0.2, 0.25) is 5.91 Å². The second-order valence-electron chi connectivity index (χ2n) is 5.21. The first-order valence-electron chi connectivity index (χ1n) is 6.80. The van der Waals surface area contributed by atoms with Crippen LogP contribution in [0.4, 0.5) is 5.69 Å². The van der Waals surface area contributed by atoms with Crippen LogP contribution < -0.4 is 10.5 Å². The SMILES string of the molecule is CC1Cc2ccccc2N1C(=O)Cn1ncc(Cl)c(Cl)c1=O. The van der Waals surface area contributed by atoms with Crippen LogP contribution in [0, 0.1) is 0 Å². The van der Waals surface area contributed by atoms with Crippen LogP contribution in [0.1, 0.15) is 12.5 Å². The molecular weight excluding hydrogens is 325 g/mol. The second-order valence-corrected chi connectivity index (χ2v) is 6.00. The Balaban J connectivity index is 1.90. The van der Waals surface area contributed by atoms with E-state index in [4.69, 9.17) is 23.2 Å². The first kappa shape index (κ1) is 15.1. The molecule has 1 amide bonds. The van der Waals surface area contributed by atoms with Crippen molar-refractivity contribution < 1.29 is 4.79 Å². The molecule has 2 aromatic rings. The normalized spacial score (nSPS) is 16.7. The highest BCUT2D eigenvalue weighted by atomic mass is 35.5. The predicted molar refractivity (Wildman–Crippen MR) is 85.6 cm³/mol. The maximum Gasteiger partial charge on any atom is 0.287 e. The van der Waals surface area contributed by atoms with Crippen LogP contribution in [-0.2, 0) is 17.8 Å². The van der Waals surface area contributed by atoms with Crippen LogP contribution in [0.15, 0.2) is 35.3 Å². The average molecular weight is 338 g/mol. The number of carbonyl (C=O) groups excluding carboxylic acids is 1. The molecule has 0 radical (unpaired) electrons. The maximum absolute atomic E-state index is 12.6. The fourth-order valence-electron chi connectivity index (χ4n) is 2.71. The smallest absolute Gasteiger partial charge is 0.287 e. The van der Waals surface area contributed by atoms with Gasteiger partial charge in [-0.15, -0.1) is 0 Å². The Hall–Kier alpha value is -1.85. The number of anilines is 1. The molecule has 0 aliphatic carbocycles. The summed E-state index contributed by atoms with van der Waals surface area (Å²) in [5.74, 6) is -0.203. The molecule has 22 heavy (non-hydrogen) atoms. The number of para-hydroxylation sites is 1. The van der Waals surface area contributed by atoms with Gasteiger partial charge in [0.1, 0.15) is 11.6 Å². The highest BCUT2D eigenvalue weighted by Crippen LogP contribution is 2.31. The third-order valence-electron chi connectivity index (χ3n) is 3.70. The zero-order valence-electron chi connectivity index (χ0n) is 11.8. The summed E-state index contributed by atoms with van der Waals surface area (Å²) in [5, 5.41) is 3.82. The van der Waals surface area contributed by atoms with Crippen LogP contribution in [0.25, 0.3) is 0 Å². The van der Waals surface area contributed by atoms with Crippen molar-refractivity contribution in [1.82, 2.24) is 9.78 Å². The molecule has 0 saturated carbocycles. The van der Waals surface area contributed by atoms with Gasteiger partial charge in [0.25, 0.3) is 5.56 Å². The lowest BCUT2D eigenvalue weighted by Crippen LogP contribution is -2.40. The zero-order chi connectivity index (χ0) is 15.9. The quantitative estimate of drug-likeness (QED) is 0.846. The van der Waals surface area contributed by atoms with Gasteiger partial charge in [-0.2, -0.15) is 5.10 Å². The molecule has 0 saturated heterocycles. The van der Waals surface area contributed by atoms with Crippen molar-refractivity contribution >= 4 is 34.8 Å². The Morgan fingerprint density at radius 1 is 1.36 bits per heavy atom. The number of fused-ring (bicyclic) bond motifs is 1. The third-order valence-corrected chi connectivity index (χ3v) is 4.45. The average Bonchev–Trinajstić information content (AvgIpc) is 2.83. The molecule has 3 rings (SSSR count). The monoisotopic (exact) mass is 337 g/mol. The summed E-state index contributed by atoms with van der Waals surface area (Å²) in [6.45, 7) is 1.80. The molecule has 1 aliphatic rings. The van der Waals surface area contributed by atoms with Gasteiger partial charge in [0.05, 0.1) is 11.2 Å². The van der Waals surface area contributed by atoms with Crippen LogP contribution >= 0.6 is 23.2 Å². The number of halogens is 2. The van der Waals surface area contributed by atoms with Gasteiger partial charge in [0.15, 0.2) is 0 Å². The summed E-state index contributed by atoms with van der Waals surface area (Å²) < 4.78 is 1.03. The van der Waals surface area contributed by atoms with E-state index in [-0.39, 0.29) is 28.5 Å². The lowest BCUT2D eigenvalue weighted by molar-refractivity contribution is -0.119. The van der Waals surface area contributed by atoms with Crippen molar-refractivity contribution in [2.24, 2.45) is 0 Å². The molecule has 1 aromatic heterocycles. The highest BCUT2D eigenvalue weighted by Gasteiger charge is 2.30. The molecule has 2 heterocycles. The summed E-state index contributed by atoms with van der Waals surface area (Å²) in [7, 11) is 0. The van der Waals surface area contributed by atoms with Crippen molar-refractivity contribution in [2.45, 2.75) is 25.9 Å². The van der Waals surface area contributed by atoms with Gasteiger partial charge in [-0.1, -0.05) is 41.4 Å². The molecule has 0 N–H and O–H groups in total. The Morgan fingerprint density at radius 2 is 2.09 bits per heavy atom. The largest absolute Gasteiger partial charge is 0.307 e. The lowest BCUT2D eigenvalue weighted by Gasteiger charge is -2.22. The molecule has 5 nitrogen and oxygen atoms in total. The van der Waals surface area contributed by atoms with E-state index in [1.54, 1.807) is 4.90 Å². The summed E-state index contributed by atoms with van der Waals surface area (Å²) in [5.41, 5.74) is 1.44. The molecule has 1 aliphatic heterocycles. The molecular formula is C15H13Cl2N3O2. The van der Waals surface area contributed by atoms with E-state index in [1.807, 2.05) is 31.2 Å². The van der Waals surface area contributed by atoms with E-state index >= 15 is 0 Å². The summed E-state index contributed by atoms with van der Waals surface area (Å²) in [6, 6.07) is 7.79. The third kappa shape index (κ3) is 2.51. The molecule has 1 aromatic carbocycles. The number of aromatic nitrogens is 2. The van der Waals surface area contributed by atoms with E-state index in [1.165, 1.54) is 6.20 Å². The molecule has 0 spiro atoms. The van der Waals surface area contributed by atoms with Gasteiger partial charge < -0.3 is 4.90 Å². The standard InChI is InChI=1S/C15H13Cl2N3O2/c1-9-6-10-4-2-3-5-12(10)20(9)13(21)8-19-15(22)14(17)11(16)7-18-19/h2-5,7,9H,6,8H2,1H3. The summed E-state index contributed by atoms with van der Waals surface area (Å²) in [6.07, 6.45) is 2.06. The van der Waals surface area contributed by atoms with Crippen LogP contribution in [0.5, 0.6) is 0 Å². The Bertz CT molecular complexity index is 804. The summed E-state index contributed by atoms with van der Waals surface area (Å²) >= 11 is 11.5. The number of carbonyl (C=O) groups is 1. The first-order chi connectivity index (χ1) is 10.5. The Kier molecular flexibility index (Phi) is 3.93. The van der Waals surface area contributed by atoms with Crippen molar-refractivity contribution in [1.29, 1.82) is 0 Å². The number of benzene rings is 1. The second kappa shape index (κ2) is 5.74. The molecule has 0 fully saturated rings. The minimum atomic E-state index is -0.567. The fourth-order valence-corrected chi connectivity index (χ4v) is 2.98. The van der Waals surface area contributed by atoms with Crippen LogP contribution in [0.2, 0.25) is 10.0 Å². The van der Waals surface area contributed by atoms with Crippen LogP contribution in [0.3, 0.4) is 0 Å². The molecule has 1 atom stereocenters. The molecule has 1 unspecified atom stereocenters. The minimum absolute atomic E-state index is 0.0448. The van der Waals surface area contributed by atoms with Crippen molar-refractivity contribution in [3.05, 3.63) is 56.4 Å². The molecule has 114 valence electrons. The number of rotatable bonds is 2. The minimum Gasteiger partial charge on any atom is -0.307 e. The fraction of sp³-hybridized carbons (Fsp3) is 0.267. The maximum atomic E-state index is 12.6. The topological polar surface area (TPSA) is 55.2 Å². The van der Waals surface area contributed by atoms with E-state index in [0.717, 1.165) is 22.4 Å².